The molecule has 0 bridgehead atoms. The van der Waals surface area contributed by atoms with E-state index in [9.17, 15) is 9.59 Å². The van der Waals surface area contributed by atoms with Gasteiger partial charge in [0, 0.05) is 25.4 Å². The summed E-state index contributed by atoms with van der Waals surface area (Å²) in [6.45, 7) is 4.20. The Kier molecular flexibility index (Phi) is 6.68. The van der Waals surface area contributed by atoms with Gasteiger partial charge in [0.15, 0.2) is 5.78 Å². The third kappa shape index (κ3) is 5.97. The predicted octanol–water partition coefficient (Wildman–Crippen LogP) is 4.29. The molecule has 0 radical (unpaired) electrons. The van der Waals surface area contributed by atoms with Crippen LogP contribution in [0.5, 0.6) is 0 Å². The van der Waals surface area contributed by atoms with Crippen molar-refractivity contribution in [1.82, 2.24) is 15.3 Å². The Morgan fingerprint density at radius 2 is 1.62 bits per heavy atom. The second-order valence-electron chi connectivity index (χ2n) is 6.85. The van der Waals surface area contributed by atoms with E-state index < -0.39 is 0 Å². The molecule has 3 aromatic rings. The highest BCUT2D eigenvalue weighted by Crippen LogP contribution is 2.13. The van der Waals surface area contributed by atoms with Crippen molar-refractivity contribution < 1.29 is 9.59 Å². The van der Waals surface area contributed by atoms with Crippen LogP contribution in [0, 0.1) is 6.92 Å². The van der Waals surface area contributed by atoms with Crippen molar-refractivity contribution in [3.05, 3.63) is 88.9 Å². The average molecular weight is 388 g/mol. The van der Waals surface area contributed by atoms with Crippen molar-refractivity contribution in [3.8, 4) is 0 Å². The molecule has 0 saturated heterocycles. The number of Topliss-reactive ketones (excluding diaryl/α,β-unsaturated/α-hetero) is 1. The molecule has 2 N–H and O–H groups in total. The Morgan fingerprint density at radius 1 is 0.897 bits per heavy atom. The average Bonchev–Trinajstić information content (AvgIpc) is 2.73. The molecule has 2 heterocycles. The normalized spacial score (nSPS) is 10.4. The first-order valence-corrected chi connectivity index (χ1v) is 9.57. The third-order valence-corrected chi connectivity index (χ3v) is 4.47. The topological polar surface area (TPSA) is 84.0 Å². The number of urea groups is 1. The lowest BCUT2D eigenvalue weighted by Gasteiger charge is -2.09. The van der Waals surface area contributed by atoms with E-state index in [-0.39, 0.29) is 11.8 Å². The summed E-state index contributed by atoms with van der Waals surface area (Å²) in [5.74, 6) is 0.573. The zero-order chi connectivity index (χ0) is 20.6. The van der Waals surface area contributed by atoms with Gasteiger partial charge >= 0.3 is 6.03 Å². The highest BCUT2D eigenvalue weighted by Gasteiger charge is 2.07. The molecular weight excluding hydrogens is 364 g/mol. The lowest BCUT2D eigenvalue weighted by Crippen LogP contribution is -2.28. The molecule has 2 aromatic heterocycles. The number of nitrogens with zero attached hydrogens (tertiary/aromatic N) is 2. The van der Waals surface area contributed by atoms with Crippen molar-refractivity contribution >= 4 is 17.6 Å². The van der Waals surface area contributed by atoms with Gasteiger partial charge < -0.3 is 5.32 Å². The lowest BCUT2D eigenvalue weighted by atomic mass is 10.0. The van der Waals surface area contributed by atoms with Gasteiger partial charge in [0.1, 0.15) is 11.5 Å². The number of nitrogens with one attached hydrogen (secondary N) is 2. The van der Waals surface area contributed by atoms with Crippen LogP contribution in [-0.2, 0) is 13.0 Å². The first kappa shape index (κ1) is 20.2. The number of aryl methyl sites for hydroxylation is 1. The summed E-state index contributed by atoms with van der Waals surface area (Å²) >= 11 is 0. The largest absolute Gasteiger partial charge is 0.334 e. The summed E-state index contributed by atoms with van der Waals surface area (Å²) in [5, 5.41) is 5.55. The molecule has 0 spiro atoms. The van der Waals surface area contributed by atoms with Gasteiger partial charge in [0.2, 0.25) is 0 Å². The van der Waals surface area contributed by atoms with Gasteiger partial charge in [-0.2, -0.15) is 0 Å². The summed E-state index contributed by atoms with van der Waals surface area (Å²) in [5.41, 5.74) is 4.72. The smallest absolute Gasteiger partial charge is 0.320 e. The highest BCUT2D eigenvalue weighted by atomic mass is 16.2. The van der Waals surface area contributed by atoms with Gasteiger partial charge in [-0.25, -0.2) is 9.78 Å². The van der Waals surface area contributed by atoms with E-state index >= 15 is 0 Å². The molecule has 0 atom stereocenters. The number of pyridine rings is 2. The van der Waals surface area contributed by atoms with Gasteiger partial charge in [0.05, 0.1) is 0 Å². The number of rotatable bonds is 7. The number of amides is 2. The molecule has 0 aliphatic carbocycles. The lowest BCUT2D eigenvalue weighted by molar-refractivity contribution is 0.0983. The Bertz CT molecular complexity index is 1000. The summed E-state index contributed by atoms with van der Waals surface area (Å²) < 4.78 is 0. The molecule has 0 fully saturated rings. The maximum atomic E-state index is 12.0. The Hall–Kier alpha value is -3.54. The fraction of sp³-hybridized carbons (Fsp3) is 0.217. The second-order valence-corrected chi connectivity index (χ2v) is 6.85. The van der Waals surface area contributed by atoms with E-state index in [0.717, 1.165) is 28.7 Å². The van der Waals surface area contributed by atoms with E-state index in [2.05, 4.69) is 20.6 Å². The summed E-state index contributed by atoms with van der Waals surface area (Å²) in [4.78, 5) is 32.1. The molecule has 0 aliphatic heterocycles. The quantitative estimate of drug-likeness (QED) is 0.592. The summed E-state index contributed by atoms with van der Waals surface area (Å²) in [6, 6.07) is 15.2. The number of ketones is 1. The molecule has 6 heteroatoms. The van der Waals surface area contributed by atoms with Crippen LogP contribution in [0.1, 0.15) is 46.1 Å². The van der Waals surface area contributed by atoms with Crippen molar-refractivity contribution in [2.45, 2.75) is 33.2 Å². The minimum Gasteiger partial charge on any atom is -0.334 e. The van der Waals surface area contributed by atoms with E-state index in [1.807, 2.05) is 62.4 Å². The van der Waals surface area contributed by atoms with Crippen LogP contribution in [0.4, 0.5) is 10.6 Å². The van der Waals surface area contributed by atoms with Gasteiger partial charge in [-0.15, -0.1) is 0 Å². The van der Waals surface area contributed by atoms with Crippen LogP contribution in [0.25, 0.3) is 0 Å². The monoisotopic (exact) mass is 388 g/mol. The van der Waals surface area contributed by atoms with Crippen molar-refractivity contribution in [2.75, 3.05) is 5.32 Å². The molecule has 1 aromatic carbocycles. The van der Waals surface area contributed by atoms with Crippen LogP contribution >= 0.6 is 0 Å². The van der Waals surface area contributed by atoms with Crippen LogP contribution in [-0.4, -0.2) is 21.8 Å². The molecule has 2 amide bonds. The SMILES string of the molecule is CCC(=O)c1cc(Cc2ccc(CNC(=O)Nc3cc(C)ccn3)cc2)ccn1. The molecule has 148 valence electrons. The maximum absolute atomic E-state index is 12.0. The fourth-order valence-corrected chi connectivity index (χ4v) is 2.88. The highest BCUT2D eigenvalue weighted by molar-refractivity contribution is 5.94. The molecule has 0 unspecified atom stereocenters. The number of carbonyl (C=O) groups is 2. The van der Waals surface area contributed by atoms with E-state index in [1.165, 1.54) is 0 Å². The first-order chi connectivity index (χ1) is 14.0. The van der Waals surface area contributed by atoms with Crippen molar-refractivity contribution in [2.24, 2.45) is 0 Å². The standard InChI is InChI=1S/C23H24N4O2/c1-3-21(28)20-14-19(9-11-24-20)13-17-4-6-18(7-5-17)15-26-23(29)27-22-12-16(2)8-10-25-22/h4-12,14H,3,13,15H2,1-2H3,(H2,25,26,27,29). The number of aromatic nitrogens is 2. The van der Waals surface area contributed by atoms with Gasteiger partial charge in [0.25, 0.3) is 0 Å². The fourth-order valence-electron chi connectivity index (χ4n) is 2.88. The molecular formula is C23H24N4O2. The Balaban J connectivity index is 1.53. The zero-order valence-corrected chi connectivity index (χ0v) is 16.6. The first-order valence-electron chi connectivity index (χ1n) is 9.57. The van der Waals surface area contributed by atoms with Gasteiger partial charge in [-0.1, -0.05) is 31.2 Å². The minimum atomic E-state index is -0.294. The summed E-state index contributed by atoms with van der Waals surface area (Å²) in [7, 11) is 0. The molecule has 6 nitrogen and oxygen atoms in total. The number of carbonyl (C=O) groups excluding carboxylic acids is 2. The Labute approximate surface area is 170 Å². The van der Waals surface area contributed by atoms with Gasteiger partial charge in [-0.05, 0) is 59.9 Å². The molecule has 0 saturated carbocycles. The van der Waals surface area contributed by atoms with Gasteiger partial charge in [-0.3, -0.25) is 15.1 Å². The molecule has 0 aliphatic rings. The third-order valence-electron chi connectivity index (χ3n) is 4.47. The number of anilines is 1. The van der Waals surface area contributed by atoms with E-state index in [1.54, 1.807) is 12.4 Å². The minimum absolute atomic E-state index is 0.0485. The van der Waals surface area contributed by atoms with Crippen LogP contribution < -0.4 is 10.6 Å². The number of hydrogen-bond donors (Lipinski definition) is 2. The maximum Gasteiger partial charge on any atom is 0.320 e. The van der Waals surface area contributed by atoms with Crippen LogP contribution in [0.3, 0.4) is 0 Å². The molecule has 29 heavy (non-hydrogen) atoms. The number of hydrogen-bond acceptors (Lipinski definition) is 4. The zero-order valence-electron chi connectivity index (χ0n) is 16.6. The van der Waals surface area contributed by atoms with E-state index in [4.69, 9.17) is 0 Å². The Morgan fingerprint density at radius 3 is 2.34 bits per heavy atom. The molecule has 3 rings (SSSR count). The number of benzene rings is 1. The van der Waals surface area contributed by atoms with Crippen LogP contribution in [0.2, 0.25) is 0 Å². The van der Waals surface area contributed by atoms with Crippen molar-refractivity contribution in [1.29, 1.82) is 0 Å². The predicted molar refractivity (Wildman–Crippen MR) is 113 cm³/mol. The van der Waals surface area contributed by atoms with E-state index in [0.29, 0.717) is 24.5 Å². The summed E-state index contributed by atoms with van der Waals surface area (Å²) in [6.07, 6.45) is 4.51. The van der Waals surface area contributed by atoms with Crippen LogP contribution in [0.15, 0.2) is 60.9 Å². The second kappa shape index (κ2) is 9.59. The van der Waals surface area contributed by atoms with Crippen molar-refractivity contribution in [3.63, 3.8) is 0 Å².